The lowest BCUT2D eigenvalue weighted by Gasteiger charge is -2.09. The highest BCUT2D eigenvalue weighted by Crippen LogP contribution is 2.27. The lowest BCUT2D eigenvalue weighted by molar-refractivity contribution is 0.477. The van der Waals surface area contributed by atoms with Crippen molar-refractivity contribution in [2.24, 2.45) is 0 Å². The van der Waals surface area contributed by atoms with Gasteiger partial charge in [0, 0.05) is 22.4 Å². The Hall–Kier alpha value is -1.35. The number of benzene rings is 1. The van der Waals surface area contributed by atoms with E-state index < -0.39 is 0 Å². The number of aromatic nitrogens is 1. The summed E-state index contributed by atoms with van der Waals surface area (Å²) in [6.07, 6.45) is 1.75. The van der Waals surface area contributed by atoms with E-state index in [9.17, 15) is 0 Å². The van der Waals surface area contributed by atoms with Crippen molar-refractivity contribution in [3.05, 3.63) is 52.3 Å². The Morgan fingerprint density at radius 1 is 1.12 bits per heavy atom. The minimum Gasteiger partial charge on any atom is -0.457 e. The van der Waals surface area contributed by atoms with Crippen molar-refractivity contribution in [1.82, 2.24) is 4.98 Å². The first kappa shape index (κ1) is 11.1. The topological polar surface area (TPSA) is 22.1 Å². The van der Waals surface area contributed by atoms with Gasteiger partial charge in [0.1, 0.15) is 11.5 Å². The number of halogens is 1. The highest BCUT2D eigenvalue weighted by atomic mass is 79.9. The molecule has 0 bridgehead atoms. The largest absolute Gasteiger partial charge is 0.457 e. The van der Waals surface area contributed by atoms with Crippen molar-refractivity contribution < 1.29 is 4.74 Å². The first-order valence-electron chi connectivity index (χ1n) is 5.02. The van der Waals surface area contributed by atoms with E-state index >= 15 is 0 Å². The Labute approximate surface area is 103 Å². The molecule has 0 saturated heterocycles. The van der Waals surface area contributed by atoms with Crippen LogP contribution in [0.25, 0.3) is 0 Å². The average molecular weight is 278 g/mol. The van der Waals surface area contributed by atoms with Crippen LogP contribution in [0.4, 0.5) is 0 Å². The fourth-order valence-electron chi connectivity index (χ4n) is 1.39. The first-order valence-corrected chi connectivity index (χ1v) is 5.81. The van der Waals surface area contributed by atoms with E-state index in [1.54, 1.807) is 6.20 Å². The number of hydrogen-bond donors (Lipinski definition) is 0. The second-order valence-electron chi connectivity index (χ2n) is 3.64. The molecule has 0 fully saturated rings. The summed E-state index contributed by atoms with van der Waals surface area (Å²) in [4.78, 5) is 4.13. The standard InChI is InChI=1S/C13H12BrNO/c1-9-3-4-11(14)8-13(9)16-12-5-6-15-10(2)7-12/h3-8H,1-2H3. The summed E-state index contributed by atoms with van der Waals surface area (Å²) in [6, 6.07) is 9.76. The minimum absolute atomic E-state index is 0.814. The molecule has 1 aromatic carbocycles. The molecule has 0 saturated carbocycles. The number of nitrogens with zero attached hydrogens (tertiary/aromatic N) is 1. The van der Waals surface area contributed by atoms with Crippen LogP contribution in [0, 0.1) is 13.8 Å². The minimum atomic E-state index is 0.814. The summed E-state index contributed by atoms with van der Waals surface area (Å²) >= 11 is 3.43. The summed E-state index contributed by atoms with van der Waals surface area (Å²) < 4.78 is 6.81. The second kappa shape index (κ2) is 4.66. The van der Waals surface area contributed by atoms with Crippen molar-refractivity contribution in [3.63, 3.8) is 0 Å². The van der Waals surface area contributed by atoms with E-state index in [0.29, 0.717) is 0 Å². The van der Waals surface area contributed by atoms with Crippen LogP contribution in [0.1, 0.15) is 11.3 Å². The zero-order valence-corrected chi connectivity index (χ0v) is 10.8. The van der Waals surface area contributed by atoms with Crippen molar-refractivity contribution in [2.45, 2.75) is 13.8 Å². The second-order valence-corrected chi connectivity index (χ2v) is 4.56. The Bertz CT molecular complexity index is 511. The Morgan fingerprint density at radius 2 is 1.94 bits per heavy atom. The zero-order chi connectivity index (χ0) is 11.5. The molecule has 1 heterocycles. The van der Waals surface area contributed by atoms with Gasteiger partial charge in [0.15, 0.2) is 0 Å². The van der Waals surface area contributed by atoms with Crippen molar-refractivity contribution >= 4 is 15.9 Å². The van der Waals surface area contributed by atoms with Crippen LogP contribution in [0.2, 0.25) is 0 Å². The molecular formula is C13H12BrNO. The number of pyridine rings is 1. The lowest BCUT2D eigenvalue weighted by atomic mass is 10.2. The van der Waals surface area contributed by atoms with Crippen molar-refractivity contribution in [3.8, 4) is 11.5 Å². The molecule has 2 nitrogen and oxygen atoms in total. The normalized spacial score (nSPS) is 10.2. The smallest absolute Gasteiger partial charge is 0.131 e. The van der Waals surface area contributed by atoms with Crippen LogP contribution in [-0.2, 0) is 0 Å². The van der Waals surface area contributed by atoms with Crippen LogP contribution in [-0.4, -0.2) is 4.98 Å². The molecule has 0 radical (unpaired) electrons. The molecule has 2 aromatic rings. The van der Waals surface area contributed by atoms with Gasteiger partial charge in [0.25, 0.3) is 0 Å². The lowest BCUT2D eigenvalue weighted by Crippen LogP contribution is -1.89. The molecule has 0 unspecified atom stereocenters. The van der Waals surface area contributed by atoms with Gasteiger partial charge in [0.05, 0.1) is 0 Å². The predicted molar refractivity (Wildman–Crippen MR) is 67.9 cm³/mol. The molecule has 0 amide bonds. The van der Waals surface area contributed by atoms with E-state index in [1.807, 2.05) is 44.2 Å². The van der Waals surface area contributed by atoms with E-state index in [1.165, 1.54) is 0 Å². The number of ether oxygens (including phenoxy) is 1. The third-order valence-electron chi connectivity index (χ3n) is 2.25. The average Bonchev–Trinajstić information content (AvgIpc) is 2.24. The fraction of sp³-hybridized carbons (Fsp3) is 0.154. The Kier molecular flexibility index (Phi) is 3.25. The van der Waals surface area contributed by atoms with Crippen LogP contribution in [0.15, 0.2) is 41.0 Å². The molecule has 0 aliphatic heterocycles. The van der Waals surface area contributed by atoms with Crippen LogP contribution in [0.5, 0.6) is 11.5 Å². The van der Waals surface area contributed by atoms with Gasteiger partial charge in [-0.1, -0.05) is 22.0 Å². The summed E-state index contributed by atoms with van der Waals surface area (Å²) in [6.45, 7) is 3.97. The van der Waals surface area contributed by atoms with E-state index in [0.717, 1.165) is 27.2 Å². The summed E-state index contributed by atoms with van der Waals surface area (Å²) in [5.41, 5.74) is 2.06. The monoisotopic (exact) mass is 277 g/mol. The summed E-state index contributed by atoms with van der Waals surface area (Å²) in [7, 11) is 0. The molecular weight excluding hydrogens is 266 g/mol. The SMILES string of the molecule is Cc1cc(Oc2cc(Br)ccc2C)ccn1. The molecule has 0 spiro atoms. The van der Waals surface area contributed by atoms with Gasteiger partial charge in [-0.15, -0.1) is 0 Å². The molecule has 0 aliphatic rings. The third-order valence-corrected chi connectivity index (χ3v) is 2.74. The molecule has 3 heteroatoms. The maximum absolute atomic E-state index is 5.80. The Morgan fingerprint density at radius 3 is 2.69 bits per heavy atom. The summed E-state index contributed by atoms with van der Waals surface area (Å²) in [5.74, 6) is 1.67. The fourth-order valence-corrected chi connectivity index (χ4v) is 1.73. The van der Waals surface area contributed by atoms with E-state index in [-0.39, 0.29) is 0 Å². The van der Waals surface area contributed by atoms with Gasteiger partial charge in [-0.2, -0.15) is 0 Å². The quantitative estimate of drug-likeness (QED) is 0.819. The highest BCUT2D eigenvalue weighted by Gasteiger charge is 2.02. The molecule has 82 valence electrons. The number of aryl methyl sites for hydroxylation is 2. The van der Waals surface area contributed by atoms with Gasteiger partial charge >= 0.3 is 0 Å². The van der Waals surface area contributed by atoms with Gasteiger partial charge in [-0.25, -0.2) is 0 Å². The Balaban J connectivity index is 2.30. The molecule has 2 rings (SSSR count). The number of rotatable bonds is 2. The third kappa shape index (κ3) is 2.61. The molecule has 16 heavy (non-hydrogen) atoms. The maximum Gasteiger partial charge on any atom is 0.131 e. The van der Waals surface area contributed by atoms with Crippen LogP contribution < -0.4 is 4.74 Å². The van der Waals surface area contributed by atoms with Gasteiger partial charge in [0.2, 0.25) is 0 Å². The summed E-state index contributed by atoms with van der Waals surface area (Å²) in [5, 5.41) is 0. The maximum atomic E-state index is 5.80. The molecule has 0 N–H and O–H groups in total. The molecule has 1 aromatic heterocycles. The van der Waals surface area contributed by atoms with Crippen molar-refractivity contribution in [1.29, 1.82) is 0 Å². The predicted octanol–water partition coefficient (Wildman–Crippen LogP) is 4.25. The van der Waals surface area contributed by atoms with E-state index in [2.05, 4.69) is 20.9 Å². The first-order chi connectivity index (χ1) is 7.65. The van der Waals surface area contributed by atoms with Gasteiger partial charge in [-0.3, -0.25) is 4.98 Å². The molecule has 0 aliphatic carbocycles. The highest BCUT2D eigenvalue weighted by molar-refractivity contribution is 9.10. The van der Waals surface area contributed by atoms with Crippen molar-refractivity contribution in [2.75, 3.05) is 0 Å². The number of hydrogen-bond acceptors (Lipinski definition) is 2. The van der Waals surface area contributed by atoms with Crippen LogP contribution in [0.3, 0.4) is 0 Å². The van der Waals surface area contributed by atoms with E-state index in [4.69, 9.17) is 4.74 Å². The van der Waals surface area contributed by atoms with Gasteiger partial charge in [-0.05, 0) is 37.6 Å². The van der Waals surface area contributed by atoms with Gasteiger partial charge < -0.3 is 4.74 Å². The molecule has 0 atom stereocenters. The van der Waals surface area contributed by atoms with Crippen LogP contribution >= 0.6 is 15.9 Å². The zero-order valence-electron chi connectivity index (χ0n) is 9.20.